The molecule has 1 N–H and O–H groups in total. The number of benzene rings is 1. The van der Waals surface area contributed by atoms with Crippen molar-refractivity contribution in [3.8, 4) is 11.5 Å². The molecule has 1 amide bonds. The Bertz CT molecular complexity index is 1400. The number of halogens is 1. The molecule has 1 unspecified atom stereocenters. The zero-order chi connectivity index (χ0) is 30.9. The molecular formula is C31H45FN6O4S. The first-order chi connectivity index (χ1) is 20.3. The van der Waals surface area contributed by atoms with Crippen LogP contribution >= 0.6 is 0 Å². The largest absolute Gasteiger partial charge is 0.451 e. The van der Waals surface area contributed by atoms with Crippen LogP contribution in [0.3, 0.4) is 0 Å². The number of amides is 1. The molecular weight excluding hydrogens is 571 g/mol. The molecule has 5 rings (SSSR count). The number of hydrogen-bond donors (Lipinski definition) is 1. The minimum atomic E-state index is -3.16. The van der Waals surface area contributed by atoms with E-state index in [1.54, 1.807) is 11.1 Å². The lowest BCUT2D eigenvalue weighted by Crippen LogP contribution is -2.59. The summed E-state index contributed by atoms with van der Waals surface area (Å²) in [5.41, 5.74) is 0.497. The molecule has 236 valence electrons. The first kappa shape index (κ1) is 31.6. The van der Waals surface area contributed by atoms with Gasteiger partial charge in [0.15, 0.2) is 11.6 Å². The maximum absolute atomic E-state index is 14.3. The summed E-state index contributed by atoms with van der Waals surface area (Å²) in [4.78, 5) is 28.7. The Kier molecular flexibility index (Phi) is 9.29. The molecule has 10 nitrogen and oxygen atoms in total. The van der Waals surface area contributed by atoms with Gasteiger partial charge < -0.3 is 19.4 Å². The number of nitrogens with zero attached hydrogens (tertiary/aromatic N) is 5. The molecule has 3 aliphatic rings. The summed E-state index contributed by atoms with van der Waals surface area (Å²) >= 11 is 0. The van der Waals surface area contributed by atoms with E-state index in [2.05, 4.69) is 24.5 Å². The highest BCUT2D eigenvalue weighted by atomic mass is 32.2. The highest BCUT2D eigenvalue weighted by Crippen LogP contribution is 2.45. The lowest BCUT2D eigenvalue weighted by Gasteiger charge is -2.54. The van der Waals surface area contributed by atoms with Gasteiger partial charge in [-0.2, -0.15) is 0 Å². The molecule has 2 aromatic rings. The predicted octanol–water partition coefficient (Wildman–Crippen LogP) is 4.29. The fourth-order valence-corrected chi connectivity index (χ4v) is 8.08. The average molecular weight is 617 g/mol. The number of sulfonamides is 1. The number of rotatable bonds is 10. The van der Waals surface area contributed by atoms with Gasteiger partial charge in [-0.25, -0.2) is 27.5 Å². The zero-order valence-corrected chi connectivity index (χ0v) is 26.7. The van der Waals surface area contributed by atoms with E-state index in [-0.39, 0.29) is 35.3 Å². The monoisotopic (exact) mass is 616 g/mol. The second kappa shape index (κ2) is 12.6. The van der Waals surface area contributed by atoms with Crippen LogP contribution in [0.1, 0.15) is 70.2 Å². The Morgan fingerprint density at radius 1 is 1.14 bits per heavy atom. The normalized spacial score (nSPS) is 21.0. The Balaban J connectivity index is 1.20. The van der Waals surface area contributed by atoms with Crippen molar-refractivity contribution in [2.45, 2.75) is 77.9 Å². The van der Waals surface area contributed by atoms with Crippen molar-refractivity contribution in [3.05, 3.63) is 42.1 Å². The van der Waals surface area contributed by atoms with Crippen LogP contribution in [0.2, 0.25) is 0 Å². The third-order valence-corrected chi connectivity index (χ3v) is 9.81. The number of nitrogens with one attached hydrogen (secondary N) is 1. The number of carbonyl (C=O) groups is 1. The van der Waals surface area contributed by atoms with Gasteiger partial charge in [-0.05, 0) is 89.3 Å². The SMILES string of the molecule is CC(C)N(C(=O)c1cc(F)ccc1Oc1cncnc1N1CCC(CN2CC3(CCC(NS(C)(=O)=O)CC3)C2)C1)C(C)C. The van der Waals surface area contributed by atoms with Gasteiger partial charge in [0.05, 0.1) is 18.0 Å². The van der Waals surface area contributed by atoms with Crippen LogP contribution in [-0.4, -0.2) is 91.2 Å². The molecule has 3 fully saturated rings. The van der Waals surface area contributed by atoms with Crippen molar-refractivity contribution in [1.82, 2.24) is 24.5 Å². The van der Waals surface area contributed by atoms with Gasteiger partial charge in [-0.3, -0.25) is 4.79 Å². The van der Waals surface area contributed by atoms with Crippen molar-refractivity contribution in [3.63, 3.8) is 0 Å². The average Bonchev–Trinajstić information content (AvgIpc) is 3.37. The molecule has 12 heteroatoms. The van der Waals surface area contributed by atoms with Crippen LogP contribution in [0, 0.1) is 17.2 Å². The number of likely N-dealkylation sites (tertiary alicyclic amines) is 1. The smallest absolute Gasteiger partial charge is 0.258 e. The van der Waals surface area contributed by atoms with E-state index in [1.807, 2.05) is 27.7 Å². The predicted molar refractivity (Wildman–Crippen MR) is 164 cm³/mol. The van der Waals surface area contributed by atoms with Crippen molar-refractivity contribution in [2.24, 2.45) is 11.3 Å². The number of carbonyl (C=O) groups excluding carboxylic acids is 1. The molecule has 0 bridgehead atoms. The molecule has 0 radical (unpaired) electrons. The van der Waals surface area contributed by atoms with Crippen LogP contribution in [-0.2, 0) is 10.0 Å². The van der Waals surface area contributed by atoms with Crippen molar-refractivity contribution in [1.29, 1.82) is 0 Å². The number of anilines is 1. The van der Waals surface area contributed by atoms with Crippen LogP contribution in [0.15, 0.2) is 30.7 Å². The van der Waals surface area contributed by atoms with E-state index in [4.69, 9.17) is 4.74 Å². The molecule has 2 saturated heterocycles. The Hall–Kier alpha value is -2.83. The highest BCUT2D eigenvalue weighted by Gasteiger charge is 2.46. The van der Waals surface area contributed by atoms with E-state index in [9.17, 15) is 17.6 Å². The summed E-state index contributed by atoms with van der Waals surface area (Å²) in [5, 5.41) is 0. The van der Waals surface area contributed by atoms with Gasteiger partial charge >= 0.3 is 0 Å². The molecule has 1 aliphatic carbocycles. The van der Waals surface area contributed by atoms with Crippen molar-refractivity contribution < 1.29 is 22.3 Å². The number of hydrogen-bond acceptors (Lipinski definition) is 8. The second-order valence-corrected chi connectivity index (χ2v) is 15.1. The van der Waals surface area contributed by atoms with Crippen LogP contribution in [0.25, 0.3) is 0 Å². The van der Waals surface area contributed by atoms with E-state index < -0.39 is 15.8 Å². The molecule has 3 heterocycles. The van der Waals surface area contributed by atoms with Crippen LogP contribution in [0.5, 0.6) is 11.5 Å². The maximum atomic E-state index is 14.3. The number of aromatic nitrogens is 2. The van der Waals surface area contributed by atoms with Crippen LogP contribution in [0.4, 0.5) is 10.2 Å². The van der Waals surface area contributed by atoms with Crippen LogP contribution < -0.4 is 14.4 Å². The van der Waals surface area contributed by atoms with E-state index in [0.717, 1.165) is 64.8 Å². The standard InChI is InChI=1S/C31H45FN6O4S/c1-21(2)38(22(3)4)30(39)26-14-24(32)6-7-27(26)42-28-15-33-20-34-29(28)37-13-10-23(17-37)16-36-18-31(19-36)11-8-25(9-12-31)35-43(5,40)41/h6-7,14-15,20-23,25,35H,8-13,16-19H2,1-5H3. The van der Waals surface area contributed by atoms with Gasteiger partial charge in [0, 0.05) is 50.8 Å². The summed E-state index contributed by atoms with van der Waals surface area (Å²) in [6.45, 7) is 12.6. The highest BCUT2D eigenvalue weighted by molar-refractivity contribution is 7.88. The van der Waals surface area contributed by atoms with Crippen molar-refractivity contribution >= 4 is 21.7 Å². The minimum absolute atomic E-state index is 0.0611. The Morgan fingerprint density at radius 2 is 1.84 bits per heavy atom. The first-order valence-electron chi connectivity index (χ1n) is 15.4. The molecule has 1 atom stereocenters. The summed E-state index contributed by atoms with van der Waals surface area (Å²) in [6.07, 6.45) is 9.31. The summed E-state index contributed by atoms with van der Waals surface area (Å²) in [5.74, 6) is 1.08. The quantitative estimate of drug-likeness (QED) is 0.422. The molecule has 1 saturated carbocycles. The Labute approximate surface area is 255 Å². The second-order valence-electron chi connectivity index (χ2n) is 13.3. The number of ether oxygens (including phenoxy) is 1. The topological polar surface area (TPSA) is 108 Å². The Morgan fingerprint density at radius 3 is 2.49 bits per heavy atom. The van der Waals surface area contributed by atoms with Crippen molar-refractivity contribution in [2.75, 3.05) is 43.9 Å². The molecule has 2 aliphatic heterocycles. The first-order valence-corrected chi connectivity index (χ1v) is 17.3. The van der Waals surface area contributed by atoms with Gasteiger partial charge in [0.1, 0.15) is 17.9 Å². The lowest BCUT2D eigenvalue weighted by molar-refractivity contribution is -0.0386. The van der Waals surface area contributed by atoms with Gasteiger partial charge in [-0.1, -0.05) is 0 Å². The fraction of sp³-hybridized carbons (Fsp3) is 0.645. The lowest BCUT2D eigenvalue weighted by atomic mass is 9.67. The van der Waals surface area contributed by atoms with E-state index >= 15 is 0 Å². The third kappa shape index (κ3) is 7.46. The van der Waals surface area contributed by atoms with Gasteiger partial charge in [0.25, 0.3) is 5.91 Å². The van der Waals surface area contributed by atoms with E-state index in [1.165, 1.54) is 30.8 Å². The van der Waals surface area contributed by atoms with Gasteiger partial charge in [0.2, 0.25) is 10.0 Å². The molecule has 1 spiro atoms. The summed E-state index contributed by atoms with van der Waals surface area (Å²) in [7, 11) is -3.16. The fourth-order valence-electron chi connectivity index (χ4n) is 7.24. The zero-order valence-electron chi connectivity index (χ0n) is 25.9. The third-order valence-electron chi connectivity index (χ3n) is 9.04. The summed E-state index contributed by atoms with van der Waals surface area (Å²) in [6, 6.07) is 3.97. The van der Waals surface area contributed by atoms with E-state index in [0.29, 0.717) is 22.9 Å². The molecule has 1 aromatic heterocycles. The molecule has 1 aromatic carbocycles. The maximum Gasteiger partial charge on any atom is 0.258 e. The molecule has 43 heavy (non-hydrogen) atoms. The van der Waals surface area contributed by atoms with Gasteiger partial charge in [-0.15, -0.1) is 0 Å². The minimum Gasteiger partial charge on any atom is -0.451 e. The summed E-state index contributed by atoms with van der Waals surface area (Å²) < 4.78 is 46.5.